The molecule has 0 aliphatic carbocycles. The summed E-state index contributed by atoms with van der Waals surface area (Å²) < 4.78 is 4.99. The molecule has 0 radical (unpaired) electrons. The lowest BCUT2D eigenvalue weighted by Crippen LogP contribution is -2.50. The molecule has 1 unspecified atom stereocenters. The number of methoxy groups -OCH3 is 1. The minimum absolute atomic E-state index is 0.153. The Labute approximate surface area is 93.0 Å². The van der Waals surface area contributed by atoms with Gasteiger partial charge in [0.25, 0.3) is 0 Å². The van der Waals surface area contributed by atoms with Crippen molar-refractivity contribution in [3.05, 3.63) is 0 Å². The zero-order valence-corrected chi connectivity index (χ0v) is 9.52. The zero-order chi connectivity index (χ0) is 10.9. The Hall–Kier alpha value is -0.750. The number of hydrogen-bond acceptors (Lipinski definition) is 4. The Morgan fingerprint density at radius 2 is 2.53 bits per heavy atom. The van der Waals surface area contributed by atoms with Gasteiger partial charge in [-0.25, -0.2) is 4.79 Å². The van der Waals surface area contributed by atoms with E-state index < -0.39 is 0 Å². The maximum absolute atomic E-state index is 11.7. The number of thioether (sulfide) groups is 1. The minimum atomic E-state index is -0.375. The lowest BCUT2D eigenvalue weighted by Gasteiger charge is -2.31. The first-order chi connectivity index (χ1) is 7.20. The first-order valence-corrected chi connectivity index (χ1v) is 6.10. The van der Waals surface area contributed by atoms with Gasteiger partial charge in [-0.05, 0) is 12.2 Å². The minimum Gasteiger partial charge on any atom is -0.383 e. The summed E-state index contributed by atoms with van der Waals surface area (Å²) in [4.78, 5) is 13.4. The van der Waals surface area contributed by atoms with E-state index in [2.05, 4.69) is 5.32 Å². The second-order valence-electron chi connectivity index (χ2n) is 3.78. The van der Waals surface area contributed by atoms with Crippen LogP contribution in [0.4, 0.5) is 4.79 Å². The molecule has 0 aromatic heterocycles. The highest BCUT2D eigenvalue weighted by atomic mass is 32.2. The van der Waals surface area contributed by atoms with E-state index in [1.165, 1.54) is 0 Å². The van der Waals surface area contributed by atoms with Crippen LogP contribution in [0.25, 0.3) is 0 Å². The van der Waals surface area contributed by atoms with Gasteiger partial charge in [0.1, 0.15) is 11.4 Å². The van der Waals surface area contributed by atoms with Gasteiger partial charge in [-0.3, -0.25) is 10.7 Å². The fourth-order valence-electron chi connectivity index (χ4n) is 2.08. The van der Waals surface area contributed by atoms with Crippen molar-refractivity contribution >= 4 is 23.6 Å². The average molecular weight is 229 g/mol. The lowest BCUT2D eigenvalue weighted by molar-refractivity contribution is 0.131. The molecular weight excluding hydrogens is 214 g/mol. The van der Waals surface area contributed by atoms with Crippen LogP contribution < -0.4 is 5.32 Å². The van der Waals surface area contributed by atoms with Crippen molar-refractivity contribution in [3.8, 4) is 0 Å². The molecule has 2 heterocycles. The molecule has 1 atom stereocenters. The maximum atomic E-state index is 11.7. The highest BCUT2D eigenvalue weighted by Gasteiger charge is 2.51. The summed E-state index contributed by atoms with van der Waals surface area (Å²) in [6.07, 6.45) is 0.874. The number of urea groups is 1. The Bertz CT molecular complexity index is 289. The van der Waals surface area contributed by atoms with E-state index in [9.17, 15) is 4.79 Å². The first kappa shape index (κ1) is 10.8. The quantitative estimate of drug-likeness (QED) is 0.741. The van der Waals surface area contributed by atoms with Crippen molar-refractivity contribution < 1.29 is 9.53 Å². The number of nitrogens with one attached hydrogen (secondary N) is 2. The van der Waals surface area contributed by atoms with Crippen molar-refractivity contribution in [3.63, 3.8) is 0 Å². The molecular formula is C9H15N3O2S. The predicted molar refractivity (Wildman–Crippen MR) is 59.5 cm³/mol. The smallest absolute Gasteiger partial charge is 0.323 e. The summed E-state index contributed by atoms with van der Waals surface area (Å²) in [7, 11) is 1.62. The number of rotatable bonds is 3. The second-order valence-corrected chi connectivity index (χ2v) is 4.89. The maximum Gasteiger partial charge on any atom is 0.323 e. The van der Waals surface area contributed by atoms with Gasteiger partial charge in [-0.2, -0.15) is 11.8 Å². The van der Waals surface area contributed by atoms with Gasteiger partial charge in [0, 0.05) is 19.4 Å². The molecule has 2 fully saturated rings. The van der Waals surface area contributed by atoms with Gasteiger partial charge in [0.05, 0.1) is 6.61 Å². The molecule has 84 valence electrons. The molecule has 2 amide bonds. The second kappa shape index (κ2) is 4.02. The van der Waals surface area contributed by atoms with Crippen LogP contribution in [0.3, 0.4) is 0 Å². The van der Waals surface area contributed by atoms with Crippen LogP contribution in [0.5, 0.6) is 0 Å². The Morgan fingerprint density at radius 1 is 1.73 bits per heavy atom. The predicted octanol–water partition coefficient (Wildman–Crippen LogP) is 0.511. The summed E-state index contributed by atoms with van der Waals surface area (Å²) in [5.41, 5.74) is -0.375. The van der Waals surface area contributed by atoms with Crippen LogP contribution in [0.2, 0.25) is 0 Å². The highest BCUT2D eigenvalue weighted by Crippen LogP contribution is 2.36. The van der Waals surface area contributed by atoms with Crippen LogP contribution in [-0.4, -0.2) is 54.1 Å². The first-order valence-electron chi connectivity index (χ1n) is 4.95. The highest BCUT2D eigenvalue weighted by molar-refractivity contribution is 7.99. The van der Waals surface area contributed by atoms with Gasteiger partial charge in [0.15, 0.2) is 0 Å². The molecule has 2 rings (SSSR count). The Morgan fingerprint density at radius 3 is 3.13 bits per heavy atom. The fraction of sp³-hybridized carbons (Fsp3) is 0.778. The van der Waals surface area contributed by atoms with E-state index in [-0.39, 0.29) is 11.6 Å². The third kappa shape index (κ3) is 1.61. The molecule has 2 N–H and O–H groups in total. The van der Waals surface area contributed by atoms with Crippen molar-refractivity contribution in [2.24, 2.45) is 0 Å². The van der Waals surface area contributed by atoms with Crippen molar-refractivity contribution in [1.29, 1.82) is 5.41 Å². The molecule has 0 aromatic rings. The molecule has 0 bridgehead atoms. The number of amides is 2. The largest absolute Gasteiger partial charge is 0.383 e. The summed E-state index contributed by atoms with van der Waals surface area (Å²) >= 11 is 1.80. The number of hydrogen-bond donors (Lipinski definition) is 2. The summed E-state index contributed by atoms with van der Waals surface area (Å²) in [5, 5.41) is 10.5. The molecule has 15 heavy (non-hydrogen) atoms. The van der Waals surface area contributed by atoms with Crippen LogP contribution >= 0.6 is 11.8 Å². The third-order valence-corrected chi connectivity index (χ3v) is 4.15. The Balaban J connectivity index is 2.17. The molecule has 2 aliphatic heterocycles. The van der Waals surface area contributed by atoms with E-state index >= 15 is 0 Å². The fourth-order valence-corrected chi connectivity index (χ4v) is 3.49. The summed E-state index contributed by atoms with van der Waals surface area (Å²) in [6.45, 7) is 1.08. The number of carbonyl (C=O) groups is 1. The number of ether oxygens (including phenoxy) is 1. The molecule has 5 nitrogen and oxygen atoms in total. The number of carbonyl (C=O) groups excluding carboxylic acids is 1. The monoisotopic (exact) mass is 229 g/mol. The van der Waals surface area contributed by atoms with Crippen molar-refractivity contribution in [2.75, 3.05) is 31.8 Å². The Kier molecular flexibility index (Phi) is 2.88. The van der Waals surface area contributed by atoms with E-state index in [1.807, 2.05) is 0 Å². The van der Waals surface area contributed by atoms with Crippen LogP contribution in [0, 0.1) is 5.41 Å². The zero-order valence-electron chi connectivity index (χ0n) is 8.71. The molecule has 0 saturated carbocycles. The van der Waals surface area contributed by atoms with Crippen molar-refractivity contribution in [1.82, 2.24) is 10.2 Å². The van der Waals surface area contributed by atoms with Crippen LogP contribution in [0.15, 0.2) is 0 Å². The molecule has 6 heteroatoms. The van der Waals surface area contributed by atoms with E-state index in [0.29, 0.717) is 19.0 Å². The van der Waals surface area contributed by atoms with Gasteiger partial charge in [-0.15, -0.1) is 0 Å². The lowest BCUT2D eigenvalue weighted by atomic mass is 9.97. The normalized spacial score (nSPS) is 30.3. The third-order valence-electron chi connectivity index (χ3n) is 2.98. The van der Waals surface area contributed by atoms with Gasteiger partial charge in [-0.1, -0.05) is 0 Å². The van der Waals surface area contributed by atoms with Gasteiger partial charge in [0.2, 0.25) is 0 Å². The van der Waals surface area contributed by atoms with Crippen LogP contribution in [-0.2, 0) is 4.74 Å². The number of nitrogens with zero attached hydrogens (tertiary/aromatic N) is 1. The van der Waals surface area contributed by atoms with Gasteiger partial charge < -0.3 is 9.64 Å². The van der Waals surface area contributed by atoms with Crippen LogP contribution in [0.1, 0.15) is 6.42 Å². The molecule has 2 aliphatic rings. The van der Waals surface area contributed by atoms with E-state index in [0.717, 1.165) is 17.9 Å². The van der Waals surface area contributed by atoms with E-state index in [1.54, 1.807) is 23.8 Å². The topological polar surface area (TPSA) is 65.4 Å². The number of amidine groups is 1. The SMILES string of the molecule is COCCN1C(=O)NC(=N)C12CCSC2. The summed E-state index contributed by atoms with van der Waals surface area (Å²) in [6, 6.07) is -0.153. The van der Waals surface area contributed by atoms with E-state index in [4.69, 9.17) is 10.1 Å². The average Bonchev–Trinajstić information content (AvgIpc) is 2.75. The molecule has 2 saturated heterocycles. The molecule has 0 aromatic carbocycles. The molecule has 1 spiro atoms. The summed E-state index contributed by atoms with van der Waals surface area (Å²) in [5.74, 6) is 2.20. The van der Waals surface area contributed by atoms with Crippen molar-refractivity contribution in [2.45, 2.75) is 12.0 Å². The van der Waals surface area contributed by atoms with Gasteiger partial charge >= 0.3 is 6.03 Å². The standard InChI is InChI=1S/C9H15N3O2S/c1-14-4-3-12-8(13)11-7(10)9(12)2-5-15-6-9/h2-6H2,1H3,(H2,10,11,13).